The Hall–Kier alpha value is -2.14. The van der Waals surface area contributed by atoms with Gasteiger partial charge in [0.2, 0.25) is 0 Å². The van der Waals surface area contributed by atoms with Crippen molar-refractivity contribution in [3.63, 3.8) is 0 Å². The Morgan fingerprint density at radius 3 is 2.90 bits per heavy atom. The van der Waals surface area contributed by atoms with Crippen LogP contribution in [0.1, 0.15) is 23.8 Å². The van der Waals surface area contributed by atoms with E-state index in [2.05, 4.69) is 15.6 Å². The fourth-order valence-corrected chi connectivity index (χ4v) is 1.89. The summed E-state index contributed by atoms with van der Waals surface area (Å²) < 4.78 is 13.6. The Morgan fingerprint density at radius 2 is 2.14 bits per heavy atom. The third-order valence-electron chi connectivity index (χ3n) is 2.75. The Bertz CT molecular complexity index is 649. The molecule has 0 saturated heterocycles. The zero-order valence-electron chi connectivity index (χ0n) is 11.5. The molecule has 2 N–H and O–H groups in total. The number of halogens is 2. The van der Waals surface area contributed by atoms with Crippen LogP contribution in [0.15, 0.2) is 36.5 Å². The third kappa shape index (κ3) is 4.16. The van der Waals surface area contributed by atoms with Crippen LogP contribution < -0.4 is 10.6 Å². The topological polar surface area (TPSA) is 54.0 Å². The van der Waals surface area contributed by atoms with Crippen LogP contribution in [0, 0.1) is 5.82 Å². The minimum atomic E-state index is -0.548. The summed E-state index contributed by atoms with van der Waals surface area (Å²) in [5.41, 5.74) is 1.03. The van der Waals surface area contributed by atoms with Crippen LogP contribution in [0.2, 0.25) is 5.02 Å². The lowest BCUT2D eigenvalue weighted by Crippen LogP contribution is -2.15. The predicted octanol–water partition coefficient (Wildman–Crippen LogP) is 3.95. The Kier molecular flexibility index (Phi) is 5.11. The number of rotatable bonds is 5. The molecule has 0 aliphatic rings. The van der Waals surface area contributed by atoms with E-state index in [-0.39, 0.29) is 11.4 Å². The van der Waals surface area contributed by atoms with Crippen molar-refractivity contribution in [3.8, 4) is 0 Å². The summed E-state index contributed by atoms with van der Waals surface area (Å²) in [4.78, 5) is 16.1. The largest absolute Gasteiger partial charge is 0.385 e. The highest BCUT2D eigenvalue weighted by Gasteiger charge is 2.11. The first-order valence-electron chi connectivity index (χ1n) is 6.56. The van der Waals surface area contributed by atoms with E-state index in [1.54, 1.807) is 12.1 Å². The second-order valence-corrected chi connectivity index (χ2v) is 4.87. The average molecular weight is 308 g/mol. The van der Waals surface area contributed by atoms with Crippen LogP contribution >= 0.6 is 11.6 Å². The molecule has 1 heterocycles. The number of hydrogen-bond donors (Lipinski definition) is 2. The maximum Gasteiger partial charge on any atom is 0.274 e. The van der Waals surface area contributed by atoms with Crippen molar-refractivity contribution >= 4 is 28.9 Å². The van der Waals surface area contributed by atoms with Gasteiger partial charge < -0.3 is 10.6 Å². The molecular formula is C15H15ClFN3O. The van der Waals surface area contributed by atoms with Crippen molar-refractivity contribution < 1.29 is 9.18 Å². The molecule has 0 spiro atoms. The molecule has 0 fully saturated rings. The van der Waals surface area contributed by atoms with Gasteiger partial charge in [-0.15, -0.1) is 0 Å². The Labute approximate surface area is 127 Å². The number of benzene rings is 1. The first-order valence-corrected chi connectivity index (χ1v) is 6.94. The maximum atomic E-state index is 13.6. The van der Waals surface area contributed by atoms with Crippen LogP contribution in [-0.4, -0.2) is 17.4 Å². The second-order valence-electron chi connectivity index (χ2n) is 4.43. The molecule has 0 saturated carbocycles. The predicted molar refractivity (Wildman–Crippen MR) is 82.4 cm³/mol. The van der Waals surface area contributed by atoms with Crippen LogP contribution in [0.5, 0.6) is 0 Å². The molecule has 0 bridgehead atoms. The quantitative estimate of drug-likeness (QED) is 0.879. The smallest absolute Gasteiger partial charge is 0.274 e. The van der Waals surface area contributed by atoms with Crippen molar-refractivity contribution in [1.82, 2.24) is 4.98 Å². The van der Waals surface area contributed by atoms with Crippen molar-refractivity contribution in [3.05, 3.63) is 53.1 Å². The van der Waals surface area contributed by atoms with Gasteiger partial charge in [0.25, 0.3) is 5.91 Å². The summed E-state index contributed by atoms with van der Waals surface area (Å²) in [6.07, 6.45) is 2.50. The highest BCUT2D eigenvalue weighted by molar-refractivity contribution is 6.31. The van der Waals surface area contributed by atoms with E-state index >= 15 is 0 Å². The van der Waals surface area contributed by atoms with Crippen molar-refractivity contribution in [2.75, 3.05) is 17.2 Å². The molecule has 2 rings (SSSR count). The summed E-state index contributed by atoms with van der Waals surface area (Å²) in [5, 5.41) is 5.97. The molecule has 110 valence electrons. The number of pyridine rings is 1. The van der Waals surface area contributed by atoms with Gasteiger partial charge >= 0.3 is 0 Å². The SMILES string of the molecule is CCCNc1ccnc(C(=O)Nc2cc(Cl)ccc2F)c1. The lowest BCUT2D eigenvalue weighted by atomic mass is 10.2. The van der Waals surface area contributed by atoms with E-state index in [0.29, 0.717) is 5.02 Å². The fraction of sp³-hybridized carbons (Fsp3) is 0.200. The van der Waals surface area contributed by atoms with Crippen molar-refractivity contribution in [1.29, 1.82) is 0 Å². The molecule has 1 aromatic heterocycles. The lowest BCUT2D eigenvalue weighted by Gasteiger charge is -2.08. The first-order chi connectivity index (χ1) is 10.1. The summed E-state index contributed by atoms with van der Waals surface area (Å²) in [5.74, 6) is -1.04. The number of carbonyl (C=O) groups is 1. The number of nitrogens with one attached hydrogen (secondary N) is 2. The molecule has 21 heavy (non-hydrogen) atoms. The fourth-order valence-electron chi connectivity index (χ4n) is 1.71. The first kappa shape index (κ1) is 15.3. The Balaban J connectivity index is 2.14. The van der Waals surface area contributed by atoms with Crippen LogP contribution in [0.4, 0.5) is 15.8 Å². The molecule has 0 aliphatic carbocycles. The van der Waals surface area contributed by atoms with E-state index in [1.165, 1.54) is 24.4 Å². The van der Waals surface area contributed by atoms with Gasteiger partial charge in [-0.25, -0.2) is 4.39 Å². The monoisotopic (exact) mass is 307 g/mol. The van der Waals surface area contributed by atoms with Gasteiger partial charge in [-0.05, 0) is 36.8 Å². The number of hydrogen-bond acceptors (Lipinski definition) is 3. The second kappa shape index (κ2) is 7.04. The number of aromatic nitrogens is 1. The molecular weight excluding hydrogens is 293 g/mol. The molecule has 1 amide bonds. The molecule has 0 aliphatic heterocycles. The van der Waals surface area contributed by atoms with Crippen molar-refractivity contribution in [2.24, 2.45) is 0 Å². The highest BCUT2D eigenvalue weighted by Crippen LogP contribution is 2.20. The molecule has 0 atom stereocenters. The van der Waals surface area contributed by atoms with Crippen LogP contribution in [0.25, 0.3) is 0 Å². The zero-order chi connectivity index (χ0) is 15.2. The molecule has 6 heteroatoms. The minimum Gasteiger partial charge on any atom is -0.385 e. The number of carbonyl (C=O) groups excluding carboxylic acids is 1. The van der Waals surface area contributed by atoms with Gasteiger partial charge in [0.05, 0.1) is 5.69 Å². The van der Waals surface area contributed by atoms with Gasteiger partial charge in [0.15, 0.2) is 0 Å². The van der Waals surface area contributed by atoms with Gasteiger partial charge in [-0.1, -0.05) is 18.5 Å². The summed E-state index contributed by atoms with van der Waals surface area (Å²) in [6, 6.07) is 7.36. The molecule has 1 aromatic carbocycles. The molecule has 4 nitrogen and oxygen atoms in total. The minimum absolute atomic E-state index is 0.0289. The highest BCUT2D eigenvalue weighted by atomic mass is 35.5. The summed E-state index contributed by atoms with van der Waals surface area (Å²) >= 11 is 5.79. The van der Waals surface area contributed by atoms with Crippen LogP contribution in [-0.2, 0) is 0 Å². The summed E-state index contributed by atoms with van der Waals surface area (Å²) in [7, 11) is 0. The molecule has 0 unspecified atom stereocenters. The van der Waals surface area contributed by atoms with Gasteiger partial charge in [0, 0.05) is 23.5 Å². The van der Waals surface area contributed by atoms with Gasteiger partial charge in [-0.3, -0.25) is 9.78 Å². The van der Waals surface area contributed by atoms with E-state index in [0.717, 1.165) is 18.7 Å². The third-order valence-corrected chi connectivity index (χ3v) is 2.98. The van der Waals surface area contributed by atoms with Crippen LogP contribution in [0.3, 0.4) is 0 Å². The molecule has 2 aromatic rings. The number of nitrogens with zero attached hydrogens (tertiary/aromatic N) is 1. The van der Waals surface area contributed by atoms with Crippen molar-refractivity contribution in [2.45, 2.75) is 13.3 Å². The standard InChI is InChI=1S/C15H15ClFN3O/c1-2-6-18-11-5-7-19-14(9-11)15(21)20-13-8-10(16)3-4-12(13)17/h3-5,7-9H,2,6H2,1H3,(H,18,19)(H,20,21). The van der Waals surface area contributed by atoms with E-state index in [9.17, 15) is 9.18 Å². The van der Waals surface area contributed by atoms with Gasteiger partial charge in [-0.2, -0.15) is 0 Å². The van der Waals surface area contributed by atoms with Gasteiger partial charge in [0.1, 0.15) is 11.5 Å². The van der Waals surface area contributed by atoms with E-state index in [4.69, 9.17) is 11.6 Å². The van der Waals surface area contributed by atoms with E-state index < -0.39 is 11.7 Å². The Morgan fingerprint density at radius 1 is 1.33 bits per heavy atom. The molecule has 0 radical (unpaired) electrons. The average Bonchev–Trinajstić information content (AvgIpc) is 2.49. The maximum absolute atomic E-state index is 13.6. The number of amides is 1. The zero-order valence-corrected chi connectivity index (χ0v) is 12.2. The summed E-state index contributed by atoms with van der Waals surface area (Å²) in [6.45, 7) is 2.84. The van der Waals surface area contributed by atoms with E-state index in [1.807, 2.05) is 6.92 Å². The lowest BCUT2D eigenvalue weighted by molar-refractivity contribution is 0.102. The normalized spacial score (nSPS) is 10.2. The number of anilines is 2.